The highest BCUT2D eigenvalue weighted by molar-refractivity contribution is 5.93. The van der Waals surface area contributed by atoms with E-state index in [0.29, 0.717) is 0 Å². The molecule has 0 fully saturated rings. The number of carboxylic acid groups (broad SMARTS) is 2. The number of carboxylic acids is 2. The largest absolute Gasteiger partial charge is 0.494 e. The van der Waals surface area contributed by atoms with E-state index in [9.17, 15) is 19.8 Å². The van der Waals surface area contributed by atoms with E-state index < -0.39 is 23.7 Å². The van der Waals surface area contributed by atoms with Crippen LogP contribution < -0.4 is 21.1 Å². The second-order valence-electron chi connectivity index (χ2n) is 3.75. The van der Waals surface area contributed by atoms with Gasteiger partial charge in [0.25, 0.3) is 0 Å². The number of aromatic carboxylic acids is 2. The summed E-state index contributed by atoms with van der Waals surface area (Å²) < 4.78 is 0. The summed E-state index contributed by atoms with van der Waals surface area (Å²) in [5.41, 5.74) is -0.697. The van der Waals surface area contributed by atoms with Crippen molar-refractivity contribution < 1.29 is 30.0 Å². The van der Waals surface area contributed by atoms with E-state index in [2.05, 4.69) is 10.6 Å². The normalized spacial score (nSPS) is 13.3. The highest BCUT2D eigenvalue weighted by Gasteiger charge is 2.16. The van der Waals surface area contributed by atoms with Crippen LogP contribution >= 0.6 is 0 Å². The zero-order valence-corrected chi connectivity index (χ0v) is 10.8. The molecule has 1 aromatic rings. The lowest BCUT2D eigenvalue weighted by Gasteiger charge is -2.06. The number of carbonyl (C=O) groups is 2. The van der Waals surface area contributed by atoms with Gasteiger partial charge in [0.1, 0.15) is 0 Å². The van der Waals surface area contributed by atoms with Crippen LogP contribution in [0.25, 0.3) is 11.8 Å². The van der Waals surface area contributed by atoms with Crippen LogP contribution in [-0.4, -0.2) is 46.5 Å². The molecule has 6 N–H and O–H groups in total. The molecule has 0 amide bonds. The molecule has 0 bridgehead atoms. The molecule has 0 aliphatic heterocycles. The fraction of sp³-hybridized carbons (Fsp3) is 0.167. The van der Waals surface area contributed by atoms with Crippen molar-refractivity contribution in [2.24, 2.45) is 0 Å². The molecule has 1 aromatic carbocycles. The van der Waals surface area contributed by atoms with Crippen molar-refractivity contribution in [1.82, 2.24) is 10.6 Å². The van der Waals surface area contributed by atoms with Crippen molar-refractivity contribution in [1.29, 1.82) is 0 Å². The van der Waals surface area contributed by atoms with Crippen molar-refractivity contribution in [3.8, 4) is 0 Å². The summed E-state index contributed by atoms with van der Waals surface area (Å²) in [6.45, 7) is 0. The first-order valence-electron chi connectivity index (χ1n) is 5.46. The topological polar surface area (TPSA) is 139 Å². The lowest BCUT2D eigenvalue weighted by atomic mass is 10.1. The summed E-state index contributed by atoms with van der Waals surface area (Å²) in [5, 5.41) is 41.7. The predicted molar refractivity (Wildman–Crippen MR) is 69.8 cm³/mol. The fourth-order valence-corrected chi connectivity index (χ4v) is 1.61. The quantitative estimate of drug-likeness (QED) is 0.403. The predicted octanol–water partition coefficient (Wildman–Crippen LogP) is -1.23. The van der Waals surface area contributed by atoms with Crippen LogP contribution in [-0.2, 0) is 0 Å². The fourth-order valence-electron chi connectivity index (χ4n) is 1.61. The van der Waals surface area contributed by atoms with Crippen molar-refractivity contribution in [3.63, 3.8) is 0 Å². The minimum absolute atomic E-state index is 0.190. The number of hydrogen-bond donors (Lipinski definition) is 6. The Morgan fingerprint density at radius 3 is 1.30 bits per heavy atom. The third kappa shape index (κ3) is 2.74. The van der Waals surface area contributed by atoms with Gasteiger partial charge < -0.3 is 31.1 Å². The molecule has 8 heteroatoms. The third-order valence-corrected chi connectivity index (χ3v) is 2.60. The molecule has 0 saturated carbocycles. The van der Waals surface area contributed by atoms with E-state index >= 15 is 0 Å². The van der Waals surface area contributed by atoms with Crippen molar-refractivity contribution in [2.45, 2.75) is 0 Å². The molecule has 0 aliphatic carbocycles. The van der Waals surface area contributed by atoms with E-state index in [1.807, 2.05) is 0 Å². The van der Waals surface area contributed by atoms with Crippen LogP contribution in [0.4, 0.5) is 0 Å². The van der Waals surface area contributed by atoms with E-state index in [-0.39, 0.29) is 21.6 Å². The smallest absolute Gasteiger partial charge is 0.336 e. The Morgan fingerprint density at radius 1 is 0.800 bits per heavy atom. The number of benzene rings is 1. The van der Waals surface area contributed by atoms with E-state index in [0.717, 1.165) is 12.1 Å². The molecule has 8 nitrogen and oxygen atoms in total. The van der Waals surface area contributed by atoms with Crippen LogP contribution in [0.2, 0.25) is 0 Å². The van der Waals surface area contributed by atoms with Gasteiger partial charge in [-0.25, -0.2) is 9.59 Å². The highest BCUT2D eigenvalue weighted by atomic mass is 16.4. The molecular formula is C12H14N2O6. The van der Waals surface area contributed by atoms with Gasteiger partial charge in [0, 0.05) is 24.5 Å². The van der Waals surface area contributed by atoms with Crippen molar-refractivity contribution in [3.05, 3.63) is 33.7 Å². The molecule has 0 aliphatic rings. The second-order valence-corrected chi connectivity index (χ2v) is 3.75. The van der Waals surface area contributed by atoms with Crippen LogP contribution in [0, 0.1) is 0 Å². The molecule has 0 aromatic heterocycles. The number of aliphatic hydroxyl groups is 2. The monoisotopic (exact) mass is 282 g/mol. The van der Waals surface area contributed by atoms with Crippen LogP contribution in [0.1, 0.15) is 20.7 Å². The van der Waals surface area contributed by atoms with Crippen LogP contribution in [0.3, 0.4) is 0 Å². The Kier molecular flexibility index (Phi) is 4.42. The van der Waals surface area contributed by atoms with Gasteiger partial charge in [-0.3, -0.25) is 0 Å². The first kappa shape index (κ1) is 15.2. The minimum Gasteiger partial charge on any atom is -0.494 e. The molecular weight excluding hydrogens is 268 g/mol. The standard InChI is InChI=1S/C12H14N2O6/c1-13-9(15)5-3-8(12(19)20)6(10(16)14-2)4-7(5)11(17)18/h3-4,13-16H,1-2H3,(H,17,18)(H,19,20)/b9-5+,10-6+. The highest BCUT2D eigenvalue weighted by Crippen LogP contribution is 1.97. The van der Waals surface area contributed by atoms with Gasteiger partial charge in [0.15, 0.2) is 11.8 Å². The van der Waals surface area contributed by atoms with Gasteiger partial charge in [-0.15, -0.1) is 0 Å². The number of aliphatic hydroxyl groups excluding tert-OH is 2. The second kappa shape index (κ2) is 5.83. The van der Waals surface area contributed by atoms with Gasteiger partial charge in [0.2, 0.25) is 0 Å². The van der Waals surface area contributed by atoms with E-state index in [4.69, 9.17) is 10.2 Å². The van der Waals surface area contributed by atoms with E-state index in [1.54, 1.807) is 0 Å². The molecule has 0 spiro atoms. The maximum Gasteiger partial charge on any atom is 0.336 e. The lowest BCUT2D eigenvalue weighted by molar-refractivity contribution is 0.0678. The Morgan fingerprint density at radius 2 is 1.10 bits per heavy atom. The first-order chi connectivity index (χ1) is 9.33. The molecule has 0 heterocycles. The Labute approximate surface area is 113 Å². The number of rotatable bonds is 4. The Hall–Kier alpha value is -2.90. The number of hydrogen-bond acceptors (Lipinski definition) is 6. The van der Waals surface area contributed by atoms with Gasteiger partial charge in [-0.1, -0.05) is 0 Å². The summed E-state index contributed by atoms with van der Waals surface area (Å²) in [6, 6.07) is 1.95. The molecule has 1 rings (SSSR count). The molecule has 0 unspecified atom stereocenters. The van der Waals surface area contributed by atoms with Gasteiger partial charge >= 0.3 is 11.9 Å². The van der Waals surface area contributed by atoms with Crippen LogP contribution in [0.5, 0.6) is 0 Å². The average Bonchev–Trinajstić information content (AvgIpc) is 2.43. The van der Waals surface area contributed by atoms with Gasteiger partial charge in [-0.05, 0) is 12.1 Å². The molecule has 20 heavy (non-hydrogen) atoms. The summed E-state index contributed by atoms with van der Waals surface area (Å²) in [6.07, 6.45) is 0. The molecule has 0 saturated heterocycles. The summed E-state index contributed by atoms with van der Waals surface area (Å²) in [5.74, 6) is -3.71. The zero-order valence-electron chi connectivity index (χ0n) is 10.8. The first-order valence-corrected chi connectivity index (χ1v) is 5.46. The molecule has 108 valence electrons. The van der Waals surface area contributed by atoms with Gasteiger partial charge in [0.05, 0.1) is 11.1 Å². The van der Waals surface area contributed by atoms with Crippen molar-refractivity contribution >= 4 is 23.7 Å². The zero-order chi connectivity index (χ0) is 15.4. The maximum atomic E-state index is 11.2. The summed E-state index contributed by atoms with van der Waals surface area (Å²) in [7, 11) is 2.71. The van der Waals surface area contributed by atoms with Crippen molar-refractivity contribution in [2.75, 3.05) is 14.1 Å². The Balaban J connectivity index is 4.00. The molecule has 0 atom stereocenters. The minimum atomic E-state index is -1.37. The van der Waals surface area contributed by atoms with E-state index in [1.165, 1.54) is 14.1 Å². The molecule has 0 radical (unpaired) electrons. The Bertz CT molecular complexity index is 620. The average molecular weight is 282 g/mol. The third-order valence-electron chi connectivity index (χ3n) is 2.60. The van der Waals surface area contributed by atoms with Gasteiger partial charge in [-0.2, -0.15) is 0 Å². The summed E-state index contributed by atoms with van der Waals surface area (Å²) in [4.78, 5) is 22.4. The lowest BCUT2D eigenvalue weighted by Crippen LogP contribution is -2.32. The van der Waals surface area contributed by atoms with Crippen LogP contribution in [0.15, 0.2) is 12.1 Å². The SMILES string of the molecule is CN/C(O)=c1/cc(C(=O)O)/c(=C(/O)NC)cc1C(=O)O. The maximum absolute atomic E-state index is 11.2. The number of nitrogens with one attached hydrogen (secondary N) is 2. The summed E-state index contributed by atoms with van der Waals surface area (Å²) >= 11 is 0.